The molecule has 150 valence electrons. The van der Waals surface area contributed by atoms with Crippen LogP contribution < -0.4 is 15.5 Å². The number of nitrogens with one attached hydrogen (secondary N) is 2. The van der Waals surface area contributed by atoms with E-state index in [2.05, 4.69) is 41.5 Å². The molecule has 4 rings (SSSR count). The molecule has 0 amide bonds. The maximum atomic E-state index is 10.2. The Morgan fingerprint density at radius 1 is 1.10 bits per heavy atom. The van der Waals surface area contributed by atoms with E-state index in [0.717, 1.165) is 35.1 Å². The van der Waals surface area contributed by atoms with E-state index in [4.69, 9.17) is 0 Å². The van der Waals surface area contributed by atoms with Gasteiger partial charge in [0.25, 0.3) is 0 Å². The minimum Gasteiger partial charge on any atom is -0.391 e. The number of aliphatic hydroxyl groups is 1. The molecule has 3 aromatic rings. The van der Waals surface area contributed by atoms with Crippen molar-refractivity contribution in [3.8, 4) is 11.4 Å². The van der Waals surface area contributed by atoms with Gasteiger partial charge in [0.05, 0.1) is 17.5 Å². The van der Waals surface area contributed by atoms with Crippen LogP contribution in [-0.2, 0) is 6.54 Å². The van der Waals surface area contributed by atoms with E-state index < -0.39 is 0 Å². The molecule has 2 atom stereocenters. The maximum absolute atomic E-state index is 10.2. The first-order valence-electron chi connectivity index (χ1n) is 9.74. The second-order valence-electron chi connectivity index (χ2n) is 7.10. The summed E-state index contributed by atoms with van der Waals surface area (Å²) >= 11 is 0. The summed E-state index contributed by atoms with van der Waals surface area (Å²) in [5, 5.41) is 16.7. The standard InChI is InChI=1S/C21H25N7O/c1-22-20-9-21(27-14-26-20)28-13-17(29)8-16(28)12-23-10-15-5-6-19(25-11-15)18-4-2-3-7-24-18/h2-7,9,11,14,16-17,23,29H,8,10,12-13H2,1H3,(H,22,26,27)/t16-,17-/m1/s1. The number of hydrogen-bond acceptors (Lipinski definition) is 8. The van der Waals surface area contributed by atoms with Crippen molar-refractivity contribution in [2.24, 2.45) is 0 Å². The van der Waals surface area contributed by atoms with Gasteiger partial charge in [-0.05, 0) is 30.2 Å². The first-order valence-corrected chi connectivity index (χ1v) is 9.74. The van der Waals surface area contributed by atoms with Gasteiger partial charge in [0.2, 0.25) is 0 Å². The molecule has 3 aromatic heterocycles. The summed E-state index contributed by atoms with van der Waals surface area (Å²) in [5.74, 6) is 1.59. The van der Waals surface area contributed by atoms with Crippen LogP contribution in [0.4, 0.5) is 11.6 Å². The summed E-state index contributed by atoms with van der Waals surface area (Å²) < 4.78 is 0. The lowest BCUT2D eigenvalue weighted by atomic mass is 10.2. The van der Waals surface area contributed by atoms with Gasteiger partial charge in [0, 0.05) is 51.2 Å². The third kappa shape index (κ3) is 4.67. The van der Waals surface area contributed by atoms with Crippen LogP contribution in [0.15, 0.2) is 55.1 Å². The number of aromatic nitrogens is 4. The molecule has 0 saturated carbocycles. The summed E-state index contributed by atoms with van der Waals surface area (Å²) in [4.78, 5) is 19.5. The fourth-order valence-electron chi connectivity index (χ4n) is 3.58. The van der Waals surface area contributed by atoms with Crippen molar-refractivity contribution >= 4 is 11.6 Å². The van der Waals surface area contributed by atoms with Gasteiger partial charge in [0.15, 0.2) is 0 Å². The zero-order chi connectivity index (χ0) is 20.1. The smallest absolute Gasteiger partial charge is 0.134 e. The topological polar surface area (TPSA) is 99.1 Å². The monoisotopic (exact) mass is 391 g/mol. The zero-order valence-corrected chi connectivity index (χ0v) is 16.4. The minimum absolute atomic E-state index is 0.172. The fourth-order valence-corrected chi connectivity index (χ4v) is 3.58. The molecule has 0 aliphatic carbocycles. The second kappa shape index (κ2) is 8.93. The van der Waals surface area contributed by atoms with Crippen molar-refractivity contribution in [1.82, 2.24) is 25.3 Å². The molecule has 1 aliphatic rings. The molecule has 0 bridgehead atoms. The van der Waals surface area contributed by atoms with Gasteiger partial charge in [-0.15, -0.1) is 0 Å². The van der Waals surface area contributed by atoms with Crippen LogP contribution in [0, 0.1) is 0 Å². The molecule has 8 heteroatoms. The van der Waals surface area contributed by atoms with Crippen LogP contribution in [0.25, 0.3) is 11.4 Å². The quantitative estimate of drug-likeness (QED) is 0.560. The summed E-state index contributed by atoms with van der Waals surface area (Å²) in [6.07, 6.45) is 5.55. The van der Waals surface area contributed by atoms with Crippen LogP contribution in [0.3, 0.4) is 0 Å². The van der Waals surface area contributed by atoms with Crippen molar-refractivity contribution in [1.29, 1.82) is 0 Å². The molecule has 8 nitrogen and oxygen atoms in total. The number of rotatable bonds is 7. The summed E-state index contributed by atoms with van der Waals surface area (Å²) in [5.41, 5.74) is 2.84. The van der Waals surface area contributed by atoms with Gasteiger partial charge in [-0.2, -0.15) is 0 Å². The van der Waals surface area contributed by atoms with Gasteiger partial charge in [0.1, 0.15) is 18.0 Å². The molecule has 0 aromatic carbocycles. The highest BCUT2D eigenvalue weighted by Crippen LogP contribution is 2.25. The lowest BCUT2D eigenvalue weighted by molar-refractivity contribution is 0.194. The highest BCUT2D eigenvalue weighted by atomic mass is 16.3. The number of anilines is 2. The summed E-state index contributed by atoms with van der Waals surface area (Å²) in [7, 11) is 1.83. The number of aliphatic hydroxyl groups excluding tert-OH is 1. The van der Waals surface area contributed by atoms with Crippen LogP contribution in [0.5, 0.6) is 0 Å². The molecule has 0 unspecified atom stereocenters. The molecule has 1 fully saturated rings. The average Bonchev–Trinajstić information content (AvgIpc) is 3.15. The Morgan fingerprint density at radius 3 is 2.76 bits per heavy atom. The third-order valence-electron chi connectivity index (χ3n) is 5.06. The second-order valence-corrected chi connectivity index (χ2v) is 7.10. The Labute approximate surface area is 170 Å². The predicted octanol–water partition coefficient (Wildman–Crippen LogP) is 1.70. The van der Waals surface area contributed by atoms with Crippen molar-refractivity contribution in [2.75, 3.05) is 30.4 Å². The number of pyridine rings is 2. The Kier molecular flexibility index (Phi) is 5.92. The largest absolute Gasteiger partial charge is 0.391 e. The molecule has 1 aliphatic heterocycles. The zero-order valence-electron chi connectivity index (χ0n) is 16.4. The van der Waals surface area contributed by atoms with Gasteiger partial charge in [-0.3, -0.25) is 9.97 Å². The van der Waals surface area contributed by atoms with Gasteiger partial charge < -0.3 is 20.6 Å². The normalized spacial score (nSPS) is 18.8. The number of nitrogens with zero attached hydrogens (tertiary/aromatic N) is 5. The molecule has 0 spiro atoms. The van der Waals surface area contributed by atoms with Crippen molar-refractivity contribution in [3.63, 3.8) is 0 Å². The van der Waals surface area contributed by atoms with Crippen LogP contribution in [0.1, 0.15) is 12.0 Å². The Bertz CT molecular complexity index is 920. The molecule has 29 heavy (non-hydrogen) atoms. The van der Waals surface area contributed by atoms with E-state index in [1.165, 1.54) is 0 Å². The predicted molar refractivity (Wildman–Crippen MR) is 113 cm³/mol. The van der Waals surface area contributed by atoms with Crippen LogP contribution in [-0.4, -0.2) is 57.3 Å². The maximum Gasteiger partial charge on any atom is 0.134 e. The lowest BCUT2D eigenvalue weighted by Gasteiger charge is -2.25. The number of β-amino-alcohol motifs (C(OH)–C–C–N with tert-alkyl or cyclic N) is 1. The number of hydrogen-bond donors (Lipinski definition) is 3. The van der Waals surface area contributed by atoms with Crippen LogP contribution in [0.2, 0.25) is 0 Å². The highest BCUT2D eigenvalue weighted by Gasteiger charge is 2.31. The molecule has 3 N–H and O–H groups in total. The van der Waals surface area contributed by atoms with Gasteiger partial charge in [-0.1, -0.05) is 12.1 Å². The summed E-state index contributed by atoms with van der Waals surface area (Å²) in [6.45, 7) is 2.03. The van der Waals surface area contributed by atoms with Crippen LogP contribution >= 0.6 is 0 Å². The summed E-state index contributed by atoms with van der Waals surface area (Å²) in [6, 6.07) is 11.9. The molecule has 4 heterocycles. The van der Waals surface area contributed by atoms with E-state index in [1.807, 2.05) is 43.6 Å². The first kappa shape index (κ1) is 19.2. The van der Waals surface area contributed by atoms with E-state index in [-0.39, 0.29) is 12.1 Å². The molecular formula is C21H25N7O. The minimum atomic E-state index is -0.353. The fraction of sp³-hybridized carbons (Fsp3) is 0.333. The van der Waals surface area contributed by atoms with E-state index in [1.54, 1.807) is 12.5 Å². The van der Waals surface area contributed by atoms with E-state index >= 15 is 0 Å². The molecular weight excluding hydrogens is 366 g/mol. The van der Waals surface area contributed by atoms with Crippen molar-refractivity contribution in [2.45, 2.75) is 25.1 Å². The Hall–Kier alpha value is -3.10. The first-order chi connectivity index (χ1) is 14.2. The molecule has 0 radical (unpaired) electrons. The van der Waals surface area contributed by atoms with Crippen molar-refractivity contribution < 1.29 is 5.11 Å². The highest BCUT2D eigenvalue weighted by molar-refractivity contribution is 5.53. The Balaban J connectivity index is 1.35. The van der Waals surface area contributed by atoms with Gasteiger partial charge >= 0.3 is 0 Å². The van der Waals surface area contributed by atoms with Gasteiger partial charge in [-0.25, -0.2) is 9.97 Å². The lowest BCUT2D eigenvalue weighted by Crippen LogP contribution is -2.38. The average molecular weight is 391 g/mol. The van der Waals surface area contributed by atoms with E-state index in [9.17, 15) is 5.11 Å². The molecule has 1 saturated heterocycles. The Morgan fingerprint density at radius 2 is 2.00 bits per heavy atom. The van der Waals surface area contributed by atoms with E-state index in [0.29, 0.717) is 19.5 Å². The third-order valence-corrected chi connectivity index (χ3v) is 5.06. The van der Waals surface area contributed by atoms with Crippen molar-refractivity contribution in [3.05, 3.63) is 60.7 Å². The SMILES string of the molecule is CNc1cc(N2C[C@H](O)C[C@@H]2CNCc2ccc(-c3ccccn3)nc2)ncn1.